The number of nitrogens with zero attached hydrogens (tertiary/aromatic N) is 3. The number of amidine groups is 1. The first kappa shape index (κ1) is 21.3. The number of hydrogen-bond acceptors (Lipinski definition) is 6. The lowest BCUT2D eigenvalue weighted by molar-refractivity contribution is 0.0654. The molecule has 2 heterocycles. The van der Waals surface area contributed by atoms with Gasteiger partial charge in [-0.25, -0.2) is 8.42 Å². The molecule has 3 aliphatic rings. The minimum atomic E-state index is -3.41. The van der Waals surface area contributed by atoms with Crippen LogP contribution in [0.2, 0.25) is 0 Å². The molecule has 1 unspecified atom stereocenters. The Labute approximate surface area is 192 Å². The summed E-state index contributed by atoms with van der Waals surface area (Å²) in [6, 6.07) is 13.6. The first-order chi connectivity index (χ1) is 15.3. The number of carbonyl (C=O) groups excluding carboxylic acids is 1. The minimum absolute atomic E-state index is 0.00568. The molecule has 1 amide bonds. The van der Waals surface area contributed by atoms with Gasteiger partial charge in [0, 0.05) is 29.6 Å². The lowest BCUT2D eigenvalue weighted by Gasteiger charge is -2.30. The van der Waals surface area contributed by atoms with Gasteiger partial charge in [-0.1, -0.05) is 12.1 Å². The predicted octanol–water partition coefficient (Wildman–Crippen LogP) is 3.75. The maximum atomic E-state index is 13.6. The van der Waals surface area contributed by atoms with Crippen LogP contribution < -0.4 is 9.64 Å². The van der Waals surface area contributed by atoms with E-state index in [2.05, 4.69) is 11.3 Å². The van der Waals surface area contributed by atoms with Crippen molar-refractivity contribution in [3.63, 3.8) is 0 Å². The van der Waals surface area contributed by atoms with Crippen molar-refractivity contribution in [2.45, 2.75) is 37.2 Å². The number of anilines is 1. The van der Waals surface area contributed by atoms with Crippen LogP contribution in [0.1, 0.15) is 35.7 Å². The molecular formula is C23H25N3O4S2. The van der Waals surface area contributed by atoms with Crippen LogP contribution in [0.25, 0.3) is 0 Å². The number of carbonyl (C=O) groups is 1. The molecule has 1 saturated carbocycles. The van der Waals surface area contributed by atoms with Gasteiger partial charge in [0.15, 0.2) is 5.17 Å². The van der Waals surface area contributed by atoms with E-state index in [1.54, 1.807) is 7.11 Å². The zero-order valence-electron chi connectivity index (χ0n) is 18.0. The minimum Gasteiger partial charge on any atom is -0.497 e. The zero-order valence-corrected chi connectivity index (χ0v) is 19.7. The molecule has 1 fully saturated rings. The number of ether oxygens (including phenoxy) is 1. The molecule has 1 aliphatic carbocycles. The number of sulfonamides is 1. The molecule has 0 radical (unpaired) electrons. The lowest BCUT2D eigenvalue weighted by Crippen LogP contribution is -2.39. The second kappa shape index (κ2) is 8.12. The van der Waals surface area contributed by atoms with Crippen molar-refractivity contribution in [1.82, 2.24) is 4.90 Å². The molecule has 32 heavy (non-hydrogen) atoms. The average molecular weight is 472 g/mol. The Morgan fingerprint density at radius 2 is 2.00 bits per heavy atom. The number of amides is 1. The summed E-state index contributed by atoms with van der Waals surface area (Å²) < 4.78 is 32.9. The molecule has 2 aliphatic heterocycles. The Kier molecular flexibility index (Phi) is 5.41. The van der Waals surface area contributed by atoms with E-state index in [0.29, 0.717) is 29.7 Å². The summed E-state index contributed by atoms with van der Waals surface area (Å²) in [6.45, 7) is 3.04. The zero-order chi connectivity index (χ0) is 22.5. The monoisotopic (exact) mass is 471 g/mol. The van der Waals surface area contributed by atoms with Crippen molar-refractivity contribution < 1.29 is 17.9 Å². The van der Waals surface area contributed by atoms with Crippen molar-refractivity contribution in [1.29, 1.82) is 0 Å². The van der Waals surface area contributed by atoms with Crippen LogP contribution in [-0.2, 0) is 16.6 Å². The van der Waals surface area contributed by atoms with Crippen molar-refractivity contribution in [2.75, 3.05) is 24.3 Å². The molecule has 9 heteroatoms. The quantitative estimate of drug-likeness (QED) is 0.639. The smallest absolute Gasteiger partial charge is 0.257 e. The van der Waals surface area contributed by atoms with E-state index in [1.165, 1.54) is 11.8 Å². The van der Waals surface area contributed by atoms with E-state index in [9.17, 15) is 13.2 Å². The highest BCUT2D eigenvalue weighted by molar-refractivity contribution is 8.15. The van der Waals surface area contributed by atoms with Crippen LogP contribution >= 0.6 is 11.8 Å². The van der Waals surface area contributed by atoms with E-state index in [4.69, 9.17) is 4.74 Å². The van der Waals surface area contributed by atoms with Crippen LogP contribution in [0.3, 0.4) is 0 Å². The Hall–Kier alpha value is -2.52. The molecule has 5 rings (SSSR count). The van der Waals surface area contributed by atoms with E-state index in [1.807, 2.05) is 52.3 Å². The Morgan fingerprint density at radius 3 is 2.69 bits per heavy atom. The maximum absolute atomic E-state index is 13.6. The number of thioether (sulfide) groups is 1. The molecule has 2 aromatic rings. The fourth-order valence-electron chi connectivity index (χ4n) is 4.19. The molecule has 0 spiro atoms. The SMILES string of the molecule is COc1ccc(CN(C(=O)c2ccc3c(c2)SC2=NS(=O)(=O)CCN23)C(C)C2CC2)cc1. The Balaban J connectivity index is 1.42. The number of benzene rings is 2. The largest absolute Gasteiger partial charge is 0.497 e. The average Bonchev–Trinajstić information content (AvgIpc) is 3.57. The summed E-state index contributed by atoms with van der Waals surface area (Å²) in [6.07, 6.45) is 2.30. The molecular weight excluding hydrogens is 446 g/mol. The molecule has 0 saturated heterocycles. The van der Waals surface area contributed by atoms with Gasteiger partial charge in [0.1, 0.15) is 5.75 Å². The summed E-state index contributed by atoms with van der Waals surface area (Å²) >= 11 is 1.31. The van der Waals surface area contributed by atoms with Gasteiger partial charge in [0.25, 0.3) is 15.9 Å². The highest BCUT2D eigenvalue weighted by Gasteiger charge is 2.36. The van der Waals surface area contributed by atoms with Gasteiger partial charge in [-0.3, -0.25) is 4.79 Å². The molecule has 1 atom stereocenters. The first-order valence-electron chi connectivity index (χ1n) is 10.7. The number of rotatable bonds is 6. The third-order valence-electron chi connectivity index (χ3n) is 6.29. The van der Waals surface area contributed by atoms with E-state index < -0.39 is 10.0 Å². The molecule has 0 bridgehead atoms. The Bertz CT molecular complexity index is 1190. The van der Waals surface area contributed by atoms with Crippen molar-refractivity contribution in [3.05, 3.63) is 53.6 Å². The number of methoxy groups -OCH3 is 1. The van der Waals surface area contributed by atoms with E-state index in [0.717, 1.165) is 34.7 Å². The summed E-state index contributed by atoms with van der Waals surface area (Å²) in [5, 5.41) is 0.470. The fraction of sp³-hybridized carbons (Fsp3) is 0.391. The van der Waals surface area contributed by atoms with Gasteiger partial charge in [-0.05, 0) is 73.3 Å². The second-order valence-electron chi connectivity index (χ2n) is 8.46. The maximum Gasteiger partial charge on any atom is 0.257 e. The van der Waals surface area contributed by atoms with Crippen LogP contribution in [0, 0.1) is 5.92 Å². The molecule has 2 aromatic carbocycles. The predicted molar refractivity (Wildman–Crippen MR) is 126 cm³/mol. The number of hydrogen-bond donors (Lipinski definition) is 0. The van der Waals surface area contributed by atoms with Crippen LogP contribution in [0.5, 0.6) is 5.75 Å². The lowest BCUT2D eigenvalue weighted by atomic mass is 10.1. The van der Waals surface area contributed by atoms with Crippen LogP contribution in [0.15, 0.2) is 51.8 Å². The van der Waals surface area contributed by atoms with Gasteiger partial charge in [-0.15, -0.1) is 4.40 Å². The highest BCUT2D eigenvalue weighted by atomic mass is 32.2. The Morgan fingerprint density at radius 1 is 1.25 bits per heavy atom. The third kappa shape index (κ3) is 4.11. The van der Waals surface area contributed by atoms with Gasteiger partial charge < -0.3 is 14.5 Å². The summed E-state index contributed by atoms with van der Waals surface area (Å²) in [5.74, 6) is 1.32. The normalized spacial score (nSPS) is 19.6. The van der Waals surface area contributed by atoms with Gasteiger partial charge >= 0.3 is 0 Å². The first-order valence-corrected chi connectivity index (χ1v) is 13.1. The molecule has 0 N–H and O–H groups in total. The topological polar surface area (TPSA) is 79.3 Å². The molecule has 168 valence electrons. The third-order valence-corrected chi connectivity index (χ3v) is 8.59. The van der Waals surface area contributed by atoms with Gasteiger partial charge in [-0.2, -0.15) is 0 Å². The van der Waals surface area contributed by atoms with Crippen molar-refractivity contribution in [2.24, 2.45) is 10.3 Å². The fourth-order valence-corrected chi connectivity index (χ4v) is 6.49. The molecule has 7 nitrogen and oxygen atoms in total. The highest BCUT2D eigenvalue weighted by Crippen LogP contribution is 2.43. The number of fused-ring (bicyclic) bond motifs is 3. The summed E-state index contributed by atoms with van der Waals surface area (Å²) in [4.78, 5) is 18.4. The second-order valence-corrected chi connectivity index (χ2v) is 11.2. The van der Waals surface area contributed by atoms with Gasteiger partial charge in [0.05, 0.1) is 18.6 Å². The van der Waals surface area contributed by atoms with E-state index >= 15 is 0 Å². The van der Waals surface area contributed by atoms with E-state index in [-0.39, 0.29) is 17.7 Å². The summed E-state index contributed by atoms with van der Waals surface area (Å²) in [5.41, 5.74) is 2.58. The van der Waals surface area contributed by atoms with Gasteiger partial charge in [0.2, 0.25) is 0 Å². The van der Waals surface area contributed by atoms with Crippen molar-refractivity contribution in [3.8, 4) is 5.75 Å². The van der Waals surface area contributed by atoms with Crippen molar-refractivity contribution >= 4 is 38.5 Å². The van der Waals surface area contributed by atoms with Crippen LogP contribution in [-0.4, -0.2) is 49.8 Å². The van der Waals surface area contributed by atoms with Crippen LogP contribution in [0.4, 0.5) is 5.69 Å². The molecule has 0 aromatic heterocycles. The summed E-state index contributed by atoms with van der Waals surface area (Å²) in [7, 11) is -1.77. The standard InChI is InChI=1S/C23H25N3O4S2/c1-15(17-5-6-17)26(14-16-3-8-19(30-2)9-4-16)22(27)18-7-10-20-21(13-18)31-23-24-32(28,29)12-11-25(20)23/h3-4,7-10,13,15,17H,5-6,11-12,14H2,1-2H3.